The van der Waals surface area contributed by atoms with E-state index in [0.29, 0.717) is 16.4 Å². The first-order valence-electron chi connectivity index (χ1n) is 8.84. The van der Waals surface area contributed by atoms with Crippen LogP contribution in [0.15, 0.2) is 28.1 Å². The molecular weight excluding hydrogens is 368 g/mol. The Morgan fingerprint density at radius 3 is 2.52 bits per heavy atom. The lowest BCUT2D eigenvalue weighted by Gasteiger charge is -2.20. The molecule has 8 nitrogen and oxygen atoms in total. The standard InChI is InChI=1S/C18H18N4O4S/c1-20-13-7-6-11(22(25)26)10-12(13)14(17(20)24)15-16(23)19-18(27-15)21-8-4-2-3-5-9-21/h6-7,10H,2-5,8-9H2,1H3/b15-14-. The highest BCUT2D eigenvalue weighted by atomic mass is 32.2. The van der Waals surface area contributed by atoms with E-state index in [9.17, 15) is 19.7 Å². The molecule has 1 aromatic carbocycles. The van der Waals surface area contributed by atoms with Gasteiger partial charge in [-0.15, -0.1) is 0 Å². The molecule has 3 aliphatic rings. The molecule has 4 rings (SSSR count). The molecule has 27 heavy (non-hydrogen) atoms. The number of amidine groups is 1. The average Bonchev–Trinajstić information content (AvgIpc) is 2.99. The van der Waals surface area contributed by atoms with Crippen molar-refractivity contribution in [2.24, 2.45) is 4.99 Å². The molecule has 9 heteroatoms. The lowest BCUT2D eigenvalue weighted by atomic mass is 10.1. The Morgan fingerprint density at radius 1 is 1.15 bits per heavy atom. The summed E-state index contributed by atoms with van der Waals surface area (Å²) in [6.07, 6.45) is 4.43. The van der Waals surface area contributed by atoms with Crippen molar-refractivity contribution in [3.05, 3.63) is 38.8 Å². The molecule has 3 heterocycles. The topological polar surface area (TPSA) is 96.1 Å². The summed E-state index contributed by atoms with van der Waals surface area (Å²) in [6.45, 7) is 1.69. The lowest BCUT2D eigenvalue weighted by Crippen LogP contribution is -2.28. The number of likely N-dealkylation sites (N-methyl/N-ethyl adjacent to an activating group) is 1. The monoisotopic (exact) mass is 386 g/mol. The van der Waals surface area contributed by atoms with Gasteiger partial charge in [0, 0.05) is 37.8 Å². The van der Waals surface area contributed by atoms with Crippen molar-refractivity contribution in [2.45, 2.75) is 25.7 Å². The average molecular weight is 386 g/mol. The van der Waals surface area contributed by atoms with Crippen LogP contribution in [0, 0.1) is 10.1 Å². The predicted octanol–water partition coefficient (Wildman–Crippen LogP) is 2.79. The summed E-state index contributed by atoms with van der Waals surface area (Å²) < 4.78 is 0. The number of thioether (sulfide) groups is 1. The molecule has 0 radical (unpaired) electrons. The fourth-order valence-corrected chi connectivity index (χ4v) is 4.65. The number of hydrogen-bond acceptors (Lipinski definition) is 6. The number of rotatable bonds is 1. The molecule has 1 saturated heterocycles. The Kier molecular flexibility index (Phi) is 4.47. The zero-order chi connectivity index (χ0) is 19.1. The van der Waals surface area contributed by atoms with Crippen molar-refractivity contribution >= 4 is 45.7 Å². The highest BCUT2D eigenvalue weighted by molar-refractivity contribution is 8.18. The number of likely N-dealkylation sites (tertiary alicyclic amines) is 1. The molecule has 1 fully saturated rings. The van der Waals surface area contributed by atoms with Crippen LogP contribution in [-0.2, 0) is 9.59 Å². The van der Waals surface area contributed by atoms with Crippen LogP contribution in [0.5, 0.6) is 0 Å². The lowest BCUT2D eigenvalue weighted by molar-refractivity contribution is -0.384. The van der Waals surface area contributed by atoms with Crippen molar-refractivity contribution in [2.75, 3.05) is 25.0 Å². The summed E-state index contributed by atoms with van der Waals surface area (Å²) in [5.41, 5.74) is 1.07. The van der Waals surface area contributed by atoms with E-state index in [-0.39, 0.29) is 22.1 Å². The van der Waals surface area contributed by atoms with E-state index in [1.807, 2.05) is 0 Å². The van der Waals surface area contributed by atoms with E-state index < -0.39 is 10.8 Å². The fraction of sp³-hybridized carbons (Fsp3) is 0.389. The second-order valence-electron chi connectivity index (χ2n) is 6.73. The third kappa shape index (κ3) is 3.01. The highest BCUT2D eigenvalue weighted by Crippen LogP contribution is 2.44. The van der Waals surface area contributed by atoms with Crippen molar-refractivity contribution in [1.82, 2.24) is 4.90 Å². The number of carbonyl (C=O) groups is 2. The number of carbonyl (C=O) groups excluding carboxylic acids is 2. The van der Waals surface area contributed by atoms with E-state index in [2.05, 4.69) is 9.89 Å². The molecule has 0 bridgehead atoms. The molecule has 140 valence electrons. The molecule has 0 spiro atoms. The number of aliphatic imine (C=N–C) groups is 1. The van der Waals surface area contributed by atoms with Crippen LogP contribution in [0.4, 0.5) is 11.4 Å². The first kappa shape index (κ1) is 17.7. The smallest absolute Gasteiger partial charge is 0.287 e. The number of fused-ring (bicyclic) bond motifs is 1. The Hall–Kier alpha value is -2.68. The van der Waals surface area contributed by atoms with E-state index in [1.54, 1.807) is 13.1 Å². The van der Waals surface area contributed by atoms with Crippen LogP contribution in [-0.4, -0.2) is 46.9 Å². The van der Waals surface area contributed by atoms with Crippen molar-refractivity contribution in [3.63, 3.8) is 0 Å². The van der Waals surface area contributed by atoms with Crippen LogP contribution in [0.2, 0.25) is 0 Å². The highest BCUT2D eigenvalue weighted by Gasteiger charge is 2.39. The van der Waals surface area contributed by atoms with Crippen LogP contribution < -0.4 is 4.90 Å². The second kappa shape index (κ2) is 6.80. The number of hydrogen-bond donors (Lipinski definition) is 0. The summed E-state index contributed by atoms with van der Waals surface area (Å²) in [5, 5.41) is 11.8. The van der Waals surface area contributed by atoms with Gasteiger partial charge in [-0.05, 0) is 30.7 Å². The van der Waals surface area contributed by atoms with Crippen molar-refractivity contribution in [3.8, 4) is 0 Å². The summed E-state index contributed by atoms with van der Waals surface area (Å²) in [6, 6.07) is 4.26. The Bertz CT molecular complexity index is 916. The van der Waals surface area contributed by atoms with Crippen LogP contribution >= 0.6 is 11.8 Å². The summed E-state index contributed by atoms with van der Waals surface area (Å²) in [5.74, 6) is -0.788. The molecule has 1 aromatic rings. The van der Waals surface area contributed by atoms with Gasteiger partial charge in [0.15, 0.2) is 5.17 Å². The quantitative estimate of drug-likeness (QED) is 0.418. The largest absolute Gasteiger partial charge is 0.351 e. The van der Waals surface area contributed by atoms with Gasteiger partial charge in [-0.3, -0.25) is 19.7 Å². The zero-order valence-corrected chi connectivity index (χ0v) is 15.6. The first-order chi connectivity index (χ1) is 13.0. The molecule has 3 aliphatic heterocycles. The van der Waals surface area contributed by atoms with Crippen molar-refractivity contribution in [1.29, 1.82) is 0 Å². The van der Waals surface area contributed by atoms with Gasteiger partial charge in [-0.2, -0.15) is 4.99 Å². The minimum atomic E-state index is -0.506. The third-order valence-electron chi connectivity index (χ3n) is 5.03. The van der Waals surface area contributed by atoms with E-state index >= 15 is 0 Å². The third-order valence-corrected chi connectivity index (χ3v) is 6.14. The van der Waals surface area contributed by atoms with Crippen molar-refractivity contribution < 1.29 is 14.5 Å². The predicted molar refractivity (Wildman–Crippen MR) is 104 cm³/mol. The number of benzene rings is 1. The first-order valence-corrected chi connectivity index (χ1v) is 9.66. The van der Waals surface area contributed by atoms with Gasteiger partial charge < -0.3 is 9.80 Å². The number of nitro benzene ring substituents is 1. The van der Waals surface area contributed by atoms with Gasteiger partial charge in [0.1, 0.15) is 0 Å². The maximum Gasteiger partial charge on any atom is 0.287 e. The number of nitro groups is 1. The molecule has 0 N–H and O–H groups in total. The second-order valence-corrected chi connectivity index (χ2v) is 7.71. The van der Waals surface area contributed by atoms with Crippen LogP contribution in [0.25, 0.3) is 5.57 Å². The minimum absolute atomic E-state index is 0.112. The van der Waals surface area contributed by atoms with Crippen LogP contribution in [0.1, 0.15) is 31.2 Å². The normalized spacial score (nSPS) is 22.8. The Labute approximate surface area is 160 Å². The fourth-order valence-electron chi connectivity index (χ4n) is 3.59. The number of nitrogens with zero attached hydrogens (tertiary/aromatic N) is 4. The molecule has 0 saturated carbocycles. The number of anilines is 1. The Morgan fingerprint density at radius 2 is 1.85 bits per heavy atom. The molecule has 0 unspecified atom stereocenters. The molecule has 0 aliphatic carbocycles. The van der Waals surface area contributed by atoms with Gasteiger partial charge in [0.25, 0.3) is 17.5 Å². The maximum atomic E-state index is 12.8. The van der Waals surface area contributed by atoms with E-state index in [0.717, 1.165) is 38.8 Å². The van der Waals surface area contributed by atoms with Gasteiger partial charge in [-0.1, -0.05) is 12.8 Å². The maximum absolute atomic E-state index is 12.8. The molecule has 2 amide bonds. The van der Waals surface area contributed by atoms with Gasteiger partial charge in [0.05, 0.1) is 21.1 Å². The van der Waals surface area contributed by atoms with Gasteiger partial charge in [0.2, 0.25) is 0 Å². The summed E-state index contributed by atoms with van der Waals surface area (Å²) >= 11 is 1.20. The van der Waals surface area contributed by atoms with E-state index in [4.69, 9.17) is 0 Å². The molecular formula is C18H18N4O4S. The summed E-state index contributed by atoms with van der Waals surface area (Å²) in [7, 11) is 1.60. The van der Waals surface area contributed by atoms with E-state index in [1.165, 1.54) is 28.8 Å². The van der Waals surface area contributed by atoms with Crippen LogP contribution in [0.3, 0.4) is 0 Å². The SMILES string of the molecule is CN1C(=O)/C(=C2\SC(N3CCCCCC3)=NC2=O)c2cc([N+](=O)[O-])ccc21. The Balaban J connectivity index is 1.74. The number of amides is 2. The summed E-state index contributed by atoms with van der Waals surface area (Å²) in [4.78, 5) is 43.9. The number of non-ortho nitro benzene ring substituents is 1. The zero-order valence-electron chi connectivity index (χ0n) is 14.8. The van der Waals surface area contributed by atoms with Gasteiger partial charge >= 0.3 is 0 Å². The molecule has 0 atom stereocenters. The van der Waals surface area contributed by atoms with Gasteiger partial charge in [-0.25, -0.2) is 0 Å². The molecule has 0 aromatic heterocycles. The minimum Gasteiger partial charge on any atom is -0.351 e.